The molecular weight excluding hydrogens is 380 g/mol. The Balaban J connectivity index is 1.22. The number of carbonyl (C=O) groups excluding carboxylic acids is 2. The molecule has 8 nitrogen and oxygen atoms in total. The van der Waals surface area contributed by atoms with Gasteiger partial charge in [0, 0.05) is 45.0 Å². The van der Waals surface area contributed by atoms with E-state index >= 15 is 0 Å². The molecule has 1 aromatic carbocycles. The van der Waals surface area contributed by atoms with Crippen LogP contribution in [0.2, 0.25) is 0 Å². The molecule has 0 bridgehead atoms. The molecule has 2 aromatic heterocycles. The first-order valence-electron chi connectivity index (χ1n) is 10.5. The molecule has 1 fully saturated rings. The van der Waals surface area contributed by atoms with Gasteiger partial charge >= 0.3 is 0 Å². The molecule has 2 aliphatic rings. The minimum absolute atomic E-state index is 0.149. The van der Waals surface area contributed by atoms with Gasteiger partial charge in [0.15, 0.2) is 0 Å². The van der Waals surface area contributed by atoms with Crippen LogP contribution in [0.25, 0.3) is 5.78 Å². The molecule has 0 radical (unpaired) electrons. The minimum Gasteiger partial charge on any atom is -0.341 e. The Morgan fingerprint density at radius 2 is 1.87 bits per heavy atom. The van der Waals surface area contributed by atoms with Crippen LogP contribution in [0, 0.1) is 0 Å². The smallest absolute Gasteiger partial charge is 0.293 e. The maximum atomic E-state index is 13.0. The van der Waals surface area contributed by atoms with Gasteiger partial charge in [0.25, 0.3) is 11.7 Å². The summed E-state index contributed by atoms with van der Waals surface area (Å²) in [5, 5.41) is 4.23. The molecule has 30 heavy (non-hydrogen) atoms. The molecule has 0 N–H and O–H groups in total. The lowest BCUT2D eigenvalue weighted by molar-refractivity contribution is -0.131. The first-order chi connectivity index (χ1) is 14.7. The van der Waals surface area contributed by atoms with Gasteiger partial charge in [-0.1, -0.05) is 24.3 Å². The maximum absolute atomic E-state index is 13.0. The summed E-state index contributed by atoms with van der Waals surface area (Å²) in [5.74, 6) is 0.838. The van der Waals surface area contributed by atoms with E-state index in [0.717, 1.165) is 19.3 Å². The molecule has 2 amide bonds. The van der Waals surface area contributed by atoms with Crippen molar-refractivity contribution in [2.24, 2.45) is 0 Å². The number of carbonyl (C=O) groups is 2. The molecular formula is C22H24N6O2. The number of hydrogen-bond donors (Lipinski definition) is 0. The number of aryl methyl sites for hydroxylation is 1. The van der Waals surface area contributed by atoms with Gasteiger partial charge in [-0.15, -0.1) is 5.10 Å². The van der Waals surface area contributed by atoms with Gasteiger partial charge in [0.05, 0.1) is 0 Å². The van der Waals surface area contributed by atoms with Crippen molar-refractivity contribution in [3.8, 4) is 0 Å². The van der Waals surface area contributed by atoms with E-state index in [0.29, 0.717) is 44.3 Å². The average Bonchev–Trinajstić information content (AvgIpc) is 3.29. The average molecular weight is 404 g/mol. The summed E-state index contributed by atoms with van der Waals surface area (Å²) in [4.78, 5) is 37.8. The van der Waals surface area contributed by atoms with Crippen molar-refractivity contribution >= 4 is 17.6 Å². The molecule has 154 valence electrons. The van der Waals surface area contributed by atoms with Gasteiger partial charge in [-0.3, -0.25) is 9.59 Å². The second-order valence-corrected chi connectivity index (χ2v) is 7.96. The lowest BCUT2D eigenvalue weighted by atomic mass is 9.97. The highest BCUT2D eigenvalue weighted by Gasteiger charge is 2.29. The fraction of sp³-hybridized carbons (Fsp3) is 0.409. The van der Waals surface area contributed by atoms with Crippen molar-refractivity contribution in [1.29, 1.82) is 0 Å². The highest BCUT2D eigenvalue weighted by Crippen LogP contribution is 2.35. The van der Waals surface area contributed by atoms with Crippen molar-refractivity contribution in [2.45, 2.75) is 31.6 Å². The summed E-state index contributed by atoms with van der Waals surface area (Å²) < 4.78 is 1.50. The number of rotatable bonds is 3. The Kier molecular flexibility index (Phi) is 4.90. The Bertz CT molecular complexity index is 1060. The maximum Gasteiger partial charge on any atom is 0.293 e. The normalized spacial score (nSPS) is 19.0. The SMILES string of the molecule is O=C(CC1CCc2ccccc21)N1CCCN(C(=O)c2nc3ncccn3n2)CC1. The quantitative estimate of drug-likeness (QED) is 0.666. The molecule has 5 rings (SSSR count). The van der Waals surface area contributed by atoms with E-state index in [9.17, 15) is 9.59 Å². The molecule has 0 spiro atoms. The topological polar surface area (TPSA) is 83.7 Å². The number of nitrogens with zero attached hydrogens (tertiary/aromatic N) is 6. The van der Waals surface area contributed by atoms with Crippen molar-refractivity contribution in [3.63, 3.8) is 0 Å². The number of hydrogen-bond acceptors (Lipinski definition) is 5. The van der Waals surface area contributed by atoms with Crippen molar-refractivity contribution in [2.75, 3.05) is 26.2 Å². The summed E-state index contributed by atoms with van der Waals surface area (Å²) in [6, 6.07) is 10.2. The Morgan fingerprint density at radius 1 is 1.03 bits per heavy atom. The van der Waals surface area contributed by atoms with E-state index in [1.54, 1.807) is 23.4 Å². The number of aromatic nitrogens is 4. The van der Waals surface area contributed by atoms with Crippen molar-refractivity contribution in [3.05, 3.63) is 59.7 Å². The molecule has 0 saturated carbocycles. The lowest BCUT2D eigenvalue weighted by Crippen LogP contribution is -2.38. The molecule has 1 atom stereocenters. The number of benzene rings is 1. The summed E-state index contributed by atoms with van der Waals surface area (Å²) in [6.07, 6.45) is 6.73. The Hall–Kier alpha value is -3.29. The van der Waals surface area contributed by atoms with Crippen LogP contribution in [0.1, 0.15) is 46.9 Å². The third kappa shape index (κ3) is 3.53. The van der Waals surface area contributed by atoms with Gasteiger partial charge in [-0.05, 0) is 42.4 Å². The van der Waals surface area contributed by atoms with Crippen LogP contribution in [-0.2, 0) is 11.2 Å². The Labute approximate surface area is 174 Å². The minimum atomic E-state index is -0.209. The molecule has 1 aliphatic heterocycles. The highest BCUT2D eigenvalue weighted by atomic mass is 16.2. The standard InChI is InChI=1S/C22H24N6O2/c29-19(15-17-8-7-16-5-1-2-6-18(16)17)26-10-4-11-27(14-13-26)21(30)20-24-22-23-9-3-12-28(22)25-20/h1-3,5-6,9,12,17H,4,7-8,10-11,13-15H2. The van der Waals surface area contributed by atoms with Crippen LogP contribution in [0.4, 0.5) is 0 Å². The van der Waals surface area contributed by atoms with Gasteiger partial charge in [0.1, 0.15) is 0 Å². The van der Waals surface area contributed by atoms with Crippen LogP contribution in [0.3, 0.4) is 0 Å². The van der Waals surface area contributed by atoms with Gasteiger partial charge in [-0.25, -0.2) is 9.50 Å². The van der Waals surface area contributed by atoms with Gasteiger partial charge < -0.3 is 9.80 Å². The molecule has 8 heteroatoms. The fourth-order valence-corrected chi connectivity index (χ4v) is 4.53. The van der Waals surface area contributed by atoms with E-state index in [2.05, 4.69) is 39.3 Å². The predicted molar refractivity (Wildman–Crippen MR) is 110 cm³/mol. The molecule has 1 aliphatic carbocycles. The van der Waals surface area contributed by atoms with E-state index in [1.165, 1.54) is 15.6 Å². The van der Waals surface area contributed by atoms with Crippen LogP contribution in [0.15, 0.2) is 42.7 Å². The lowest BCUT2D eigenvalue weighted by Gasteiger charge is -2.23. The summed E-state index contributed by atoms with van der Waals surface area (Å²) >= 11 is 0. The zero-order valence-electron chi connectivity index (χ0n) is 16.8. The zero-order valence-corrected chi connectivity index (χ0v) is 16.8. The van der Waals surface area contributed by atoms with E-state index in [-0.39, 0.29) is 17.6 Å². The van der Waals surface area contributed by atoms with Crippen molar-refractivity contribution < 1.29 is 9.59 Å². The highest BCUT2D eigenvalue weighted by molar-refractivity contribution is 5.91. The second kappa shape index (κ2) is 7.85. The monoisotopic (exact) mass is 404 g/mol. The van der Waals surface area contributed by atoms with Crippen LogP contribution >= 0.6 is 0 Å². The largest absolute Gasteiger partial charge is 0.341 e. The Morgan fingerprint density at radius 3 is 2.77 bits per heavy atom. The molecule has 1 unspecified atom stereocenters. The fourth-order valence-electron chi connectivity index (χ4n) is 4.53. The first-order valence-corrected chi connectivity index (χ1v) is 10.5. The van der Waals surface area contributed by atoms with Crippen molar-refractivity contribution in [1.82, 2.24) is 29.4 Å². The van der Waals surface area contributed by atoms with Gasteiger partial charge in [0.2, 0.25) is 11.7 Å². The third-order valence-electron chi connectivity index (χ3n) is 6.12. The third-order valence-corrected chi connectivity index (χ3v) is 6.12. The molecule has 3 heterocycles. The number of fused-ring (bicyclic) bond motifs is 2. The van der Waals surface area contributed by atoms with Crippen LogP contribution < -0.4 is 0 Å². The summed E-state index contributed by atoms with van der Waals surface area (Å²) in [5.41, 5.74) is 2.70. The summed E-state index contributed by atoms with van der Waals surface area (Å²) in [6.45, 7) is 2.31. The summed E-state index contributed by atoms with van der Waals surface area (Å²) in [7, 11) is 0. The van der Waals surface area contributed by atoms with Gasteiger partial charge in [-0.2, -0.15) is 4.98 Å². The first kappa shape index (κ1) is 18.7. The van der Waals surface area contributed by atoms with E-state index < -0.39 is 0 Å². The predicted octanol–water partition coefficient (Wildman–Crippen LogP) is 1.92. The number of amides is 2. The zero-order chi connectivity index (χ0) is 20.5. The molecule has 1 saturated heterocycles. The van der Waals surface area contributed by atoms with Crippen LogP contribution in [-0.4, -0.2) is 67.4 Å². The van der Waals surface area contributed by atoms with E-state index in [4.69, 9.17) is 0 Å². The van der Waals surface area contributed by atoms with Crippen LogP contribution in [0.5, 0.6) is 0 Å². The van der Waals surface area contributed by atoms with E-state index in [1.807, 2.05) is 4.90 Å². The molecule has 3 aromatic rings. The second-order valence-electron chi connectivity index (χ2n) is 7.96.